The van der Waals surface area contributed by atoms with E-state index in [-0.39, 0.29) is 17.2 Å². The molecule has 0 spiro atoms. The quantitative estimate of drug-likeness (QED) is 0.677. The lowest BCUT2D eigenvalue weighted by Gasteiger charge is -2.22. The van der Waals surface area contributed by atoms with E-state index in [2.05, 4.69) is 10.6 Å². The van der Waals surface area contributed by atoms with Gasteiger partial charge in [-0.1, -0.05) is 19.3 Å². The van der Waals surface area contributed by atoms with Gasteiger partial charge in [-0.05, 0) is 26.7 Å². The minimum absolute atomic E-state index is 0.0336. The van der Waals surface area contributed by atoms with Crippen molar-refractivity contribution in [1.82, 2.24) is 10.6 Å². The Balaban J connectivity index is 2.50. The molecule has 0 radical (unpaired) electrons. The van der Waals surface area contributed by atoms with Gasteiger partial charge in [0.1, 0.15) is 0 Å². The van der Waals surface area contributed by atoms with Gasteiger partial charge in [0, 0.05) is 17.2 Å². The first-order chi connectivity index (χ1) is 8.91. The average molecular weight is 268 g/mol. The summed E-state index contributed by atoms with van der Waals surface area (Å²) in [5.74, 6) is -1.84. The number of carbonyl (C=O) groups is 3. The molecule has 0 unspecified atom stereocenters. The summed E-state index contributed by atoms with van der Waals surface area (Å²) in [5.41, 5.74) is -0.0331. The molecule has 0 bridgehead atoms. The highest BCUT2D eigenvalue weighted by molar-refractivity contribution is 6.07. The fourth-order valence-corrected chi connectivity index (χ4v) is 2.00. The Hall–Kier alpha value is -1.85. The highest BCUT2D eigenvalue weighted by atomic mass is 16.4. The first-order valence-corrected chi connectivity index (χ1v) is 6.44. The summed E-state index contributed by atoms with van der Waals surface area (Å²) in [6.07, 6.45) is 5.18. The predicted molar refractivity (Wildman–Crippen MR) is 69.6 cm³/mol. The van der Waals surface area contributed by atoms with Crippen molar-refractivity contribution in [3.8, 4) is 0 Å². The lowest BCUT2D eigenvalue weighted by atomic mass is 9.96. The van der Waals surface area contributed by atoms with Crippen molar-refractivity contribution in [3.05, 3.63) is 11.1 Å². The second kappa shape index (κ2) is 6.92. The van der Waals surface area contributed by atoms with Gasteiger partial charge in [0.2, 0.25) is 0 Å². The van der Waals surface area contributed by atoms with Crippen LogP contribution in [-0.4, -0.2) is 29.1 Å². The maximum atomic E-state index is 11.6. The van der Waals surface area contributed by atoms with E-state index >= 15 is 0 Å². The zero-order chi connectivity index (χ0) is 14.4. The van der Waals surface area contributed by atoms with Crippen LogP contribution in [0, 0.1) is 0 Å². The Morgan fingerprint density at radius 1 is 1.00 bits per heavy atom. The maximum Gasteiger partial charge on any atom is 0.331 e. The van der Waals surface area contributed by atoms with E-state index in [1.165, 1.54) is 20.3 Å². The molecule has 0 aliphatic heterocycles. The molecule has 3 N–H and O–H groups in total. The van der Waals surface area contributed by atoms with E-state index in [1.807, 2.05) is 0 Å². The zero-order valence-electron chi connectivity index (χ0n) is 11.3. The number of carboxylic acids is 1. The number of amides is 3. The molecule has 1 aliphatic carbocycles. The summed E-state index contributed by atoms with van der Waals surface area (Å²) in [6.45, 7) is 2.71. The number of hydrogen-bond donors (Lipinski definition) is 3. The van der Waals surface area contributed by atoms with Crippen molar-refractivity contribution in [2.45, 2.75) is 52.0 Å². The number of carbonyl (C=O) groups excluding carboxylic acids is 2. The van der Waals surface area contributed by atoms with Gasteiger partial charge in [-0.15, -0.1) is 0 Å². The Morgan fingerprint density at radius 2 is 1.58 bits per heavy atom. The number of nitrogens with one attached hydrogen (secondary N) is 2. The van der Waals surface area contributed by atoms with Crippen molar-refractivity contribution < 1.29 is 19.5 Å². The number of carboxylic acid groups (broad SMARTS) is 1. The molecule has 3 amide bonds. The number of imide groups is 1. The number of aliphatic carboxylic acids is 1. The minimum Gasteiger partial charge on any atom is -0.478 e. The van der Waals surface area contributed by atoms with E-state index in [9.17, 15) is 14.4 Å². The molecule has 19 heavy (non-hydrogen) atoms. The molecule has 0 aromatic heterocycles. The van der Waals surface area contributed by atoms with Crippen LogP contribution in [-0.2, 0) is 9.59 Å². The van der Waals surface area contributed by atoms with E-state index in [1.54, 1.807) is 0 Å². The normalized spacial score (nSPS) is 17.4. The van der Waals surface area contributed by atoms with E-state index in [4.69, 9.17) is 5.11 Å². The van der Waals surface area contributed by atoms with Crippen molar-refractivity contribution >= 4 is 17.9 Å². The van der Waals surface area contributed by atoms with Crippen LogP contribution in [0.3, 0.4) is 0 Å². The molecule has 1 aliphatic rings. The summed E-state index contributed by atoms with van der Waals surface area (Å²) in [7, 11) is 0. The van der Waals surface area contributed by atoms with Crippen LogP contribution in [0.5, 0.6) is 0 Å². The smallest absolute Gasteiger partial charge is 0.331 e. The molecule has 106 valence electrons. The van der Waals surface area contributed by atoms with Crippen LogP contribution < -0.4 is 10.6 Å². The van der Waals surface area contributed by atoms with Crippen LogP contribution >= 0.6 is 0 Å². The van der Waals surface area contributed by atoms with Crippen LogP contribution in [0.1, 0.15) is 46.0 Å². The Labute approximate surface area is 112 Å². The minimum atomic E-state index is -1.17. The Morgan fingerprint density at radius 3 is 2.11 bits per heavy atom. The van der Waals surface area contributed by atoms with Crippen molar-refractivity contribution in [1.29, 1.82) is 0 Å². The van der Waals surface area contributed by atoms with Crippen LogP contribution in [0.15, 0.2) is 11.1 Å². The molecule has 6 nitrogen and oxygen atoms in total. The molecule has 0 atom stereocenters. The molecular weight excluding hydrogens is 248 g/mol. The summed E-state index contributed by atoms with van der Waals surface area (Å²) in [5, 5.41) is 13.6. The largest absolute Gasteiger partial charge is 0.478 e. The van der Waals surface area contributed by atoms with Crippen LogP contribution in [0.2, 0.25) is 0 Å². The van der Waals surface area contributed by atoms with E-state index in [0.29, 0.717) is 0 Å². The topological polar surface area (TPSA) is 95.5 Å². The molecule has 1 saturated carbocycles. The van der Waals surface area contributed by atoms with Gasteiger partial charge in [0.05, 0.1) is 0 Å². The summed E-state index contributed by atoms with van der Waals surface area (Å²) < 4.78 is 0. The maximum absolute atomic E-state index is 11.6. The molecule has 0 aromatic carbocycles. The van der Waals surface area contributed by atoms with E-state index in [0.717, 1.165) is 25.7 Å². The van der Waals surface area contributed by atoms with Crippen LogP contribution in [0.4, 0.5) is 4.79 Å². The highest BCUT2D eigenvalue weighted by Crippen LogP contribution is 2.17. The second-order valence-electron chi connectivity index (χ2n) is 4.82. The summed E-state index contributed by atoms with van der Waals surface area (Å²) in [4.78, 5) is 34.0. The number of urea groups is 1. The molecule has 0 heterocycles. The lowest BCUT2D eigenvalue weighted by molar-refractivity contribution is -0.133. The fraction of sp³-hybridized carbons (Fsp3) is 0.615. The summed E-state index contributed by atoms with van der Waals surface area (Å²) >= 11 is 0. The van der Waals surface area contributed by atoms with E-state index < -0.39 is 17.9 Å². The van der Waals surface area contributed by atoms with Gasteiger partial charge < -0.3 is 10.4 Å². The molecule has 1 rings (SSSR count). The molecular formula is C13H20N2O4. The molecule has 0 aromatic rings. The van der Waals surface area contributed by atoms with Gasteiger partial charge in [-0.3, -0.25) is 10.1 Å². The zero-order valence-corrected chi connectivity index (χ0v) is 11.3. The Bertz CT molecular complexity index is 409. The third-order valence-corrected chi connectivity index (χ3v) is 3.39. The van der Waals surface area contributed by atoms with Crippen molar-refractivity contribution in [2.24, 2.45) is 0 Å². The third-order valence-electron chi connectivity index (χ3n) is 3.39. The Kier molecular flexibility index (Phi) is 5.54. The summed E-state index contributed by atoms with van der Waals surface area (Å²) in [6, 6.07) is -0.458. The molecule has 1 fully saturated rings. The second-order valence-corrected chi connectivity index (χ2v) is 4.82. The first kappa shape index (κ1) is 15.2. The number of rotatable bonds is 3. The third kappa shape index (κ3) is 4.73. The highest BCUT2D eigenvalue weighted by Gasteiger charge is 2.19. The SMILES string of the molecule is CC(C(=O)O)=C(C)C(=O)NC(=O)NC1CCCCC1. The lowest BCUT2D eigenvalue weighted by Crippen LogP contribution is -2.45. The first-order valence-electron chi connectivity index (χ1n) is 6.44. The van der Waals surface area contributed by atoms with Gasteiger partial charge in [-0.2, -0.15) is 0 Å². The van der Waals surface area contributed by atoms with Gasteiger partial charge >= 0.3 is 12.0 Å². The molecule has 6 heteroatoms. The van der Waals surface area contributed by atoms with Gasteiger partial charge in [0.15, 0.2) is 0 Å². The van der Waals surface area contributed by atoms with Gasteiger partial charge in [-0.25, -0.2) is 9.59 Å². The van der Waals surface area contributed by atoms with Crippen molar-refractivity contribution in [2.75, 3.05) is 0 Å². The standard InChI is InChI=1S/C13H20N2O4/c1-8(9(2)12(17)18)11(16)15-13(19)14-10-6-4-3-5-7-10/h10H,3-7H2,1-2H3,(H,17,18)(H2,14,15,16,19). The van der Waals surface area contributed by atoms with Crippen molar-refractivity contribution in [3.63, 3.8) is 0 Å². The monoisotopic (exact) mass is 268 g/mol. The molecule has 0 saturated heterocycles. The fourth-order valence-electron chi connectivity index (χ4n) is 2.00. The van der Waals surface area contributed by atoms with Crippen LogP contribution in [0.25, 0.3) is 0 Å². The average Bonchev–Trinajstić information content (AvgIpc) is 2.37. The predicted octanol–water partition coefficient (Wildman–Crippen LogP) is 1.57. The number of hydrogen-bond acceptors (Lipinski definition) is 3. The van der Waals surface area contributed by atoms with Gasteiger partial charge in [0.25, 0.3) is 5.91 Å².